The smallest absolute Gasteiger partial charge is 0.261 e. The quantitative estimate of drug-likeness (QED) is 0.150. The molecule has 0 saturated heterocycles. The van der Waals surface area contributed by atoms with Crippen molar-refractivity contribution < 1.29 is 40.7 Å². The summed E-state index contributed by atoms with van der Waals surface area (Å²) >= 11 is 3.97. The average Bonchev–Trinajstić information content (AvgIpc) is 4.50. The number of fused-ring (bicyclic) bond motifs is 6. The molecule has 0 bridgehead atoms. The van der Waals surface area contributed by atoms with Gasteiger partial charge in [-0.15, -0.1) is 0 Å². The van der Waals surface area contributed by atoms with Crippen LogP contribution in [0.1, 0.15) is 108 Å². The van der Waals surface area contributed by atoms with Gasteiger partial charge in [-0.05, 0) is 170 Å². The lowest BCUT2D eigenvalue weighted by Gasteiger charge is -2.40. The zero-order valence-electron chi connectivity index (χ0n) is 43.8. The van der Waals surface area contributed by atoms with Crippen LogP contribution in [0.3, 0.4) is 0 Å². The third-order valence-corrected chi connectivity index (χ3v) is 20.4. The third kappa shape index (κ3) is 9.97. The Kier molecular flexibility index (Phi) is 14.6. The summed E-state index contributed by atoms with van der Waals surface area (Å²) in [6.07, 6.45) is 9.19. The zero-order chi connectivity index (χ0) is 56.5. The van der Waals surface area contributed by atoms with Crippen molar-refractivity contribution in [3.8, 4) is 0 Å². The number of rotatable bonds is 7. The predicted molar refractivity (Wildman–Crippen MR) is 303 cm³/mol. The molecule has 11 nitrogen and oxygen atoms in total. The molecule has 14 rings (SSSR count). The van der Waals surface area contributed by atoms with E-state index >= 15 is 0 Å². The van der Waals surface area contributed by atoms with E-state index in [0.29, 0.717) is 34.4 Å². The van der Waals surface area contributed by atoms with Gasteiger partial charge >= 0.3 is 0 Å². The summed E-state index contributed by atoms with van der Waals surface area (Å²) < 4.78 is 84.3. The fourth-order valence-corrected chi connectivity index (χ4v) is 16.1. The zero-order valence-corrected chi connectivity index (χ0v) is 46.2. The van der Waals surface area contributed by atoms with Crippen LogP contribution in [-0.4, -0.2) is 60.0 Å². The summed E-state index contributed by atoms with van der Waals surface area (Å²) in [4.78, 5) is 36.6. The monoisotopic (exact) mass is 1160 g/mol. The van der Waals surface area contributed by atoms with Crippen LogP contribution in [0.15, 0.2) is 143 Å². The van der Waals surface area contributed by atoms with Crippen LogP contribution in [-0.2, 0) is 48.3 Å². The van der Waals surface area contributed by atoms with Crippen molar-refractivity contribution in [3.63, 3.8) is 0 Å². The van der Waals surface area contributed by atoms with Crippen LogP contribution < -0.4 is 11.5 Å². The van der Waals surface area contributed by atoms with E-state index in [9.17, 15) is 40.7 Å². The van der Waals surface area contributed by atoms with E-state index in [-0.39, 0.29) is 46.2 Å². The Morgan fingerprint density at radius 2 is 0.815 bits per heavy atom. The normalized spacial score (nSPS) is 23.7. The van der Waals surface area contributed by atoms with Crippen LogP contribution in [0.5, 0.6) is 0 Å². The first-order valence-corrected chi connectivity index (χ1v) is 29.4. The number of hydrogen-bond acceptors (Lipinski definition) is 11. The number of hydrazone groups is 3. The van der Waals surface area contributed by atoms with Crippen LogP contribution in [0, 0.1) is 46.7 Å². The standard InChI is InChI=1S/C22H21F2N3OS.C21H19F2N3OS.C18H14F2N2OS/c23-15-9-10-18(24)16(12-15)20-26-27(21(28)19(25)14-7-8-14)22(29-20)11-3-5-13-4-1-2-6-17(13)22;22-14-7-8-17(23)15(11-14)19-25-26(20(27)18(24)13-5-6-13)21(28-19)10-9-12-3-1-2-4-16(12)21;1-11(23)22-18(9-8-12-4-2-3-5-15(12)18)24-17(21-22)14-10-13(19)6-7-16(14)20/h1-2,4,6,9-10,12,14,19H,3,5,7-8,11,25H2;1-4,7-8,11,13,18H,5-6,9-10,24H2;2-7,10H,8-9H2,1H3/t19-,22?;18-,21?;18-/m001/s1. The molecule has 6 aromatic rings. The fraction of sp³-hybridized carbons (Fsp3) is 0.311. The molecule has 5 aliphatic carbocycles. The molecule has 2 saturated carbocycles. The van der Waals surface area contributed by atoms with Gasteiger partial charge in [0.1, 0.15) is 64.6 Å². The molecule has 3 amide bonds. The second kappa shape index (κ2) is 21.6. The van der Waals surface area contributed by atoms with E-state index in [1.165, 1.54) is 57.2 Å². The molecule has 81 heavy (non-hydrogen) atoms. The van der Waals surface area contributed by atoms with Gasteiger partial charge in [0.2, 0.25) is 5.91 Å². The molecule has 6 aromatic carbocycles. The predicted octanol–water partition coefficient (Wildman–Crippen LogP) is 11.9. The highest BCUT2D eigenvalue weighted by atomic mass is 32.2. The van der Waals surface area contributed by atoms with Crippen molar-refractivity contribution in [1.29, 1.82) is 0 Å². The van der Waals surface area contributed by atoms with Gasteiger partial charge in [0.05, 0.1) is 12.1 Å². The summed E-state index contributed by atoms with van der Waals surface area (Å²) in [6.45, 7) is 1.44. The molecule has 5 atom stereocenters. The Morgan fingerprint density at radius 1 is 0.481 bits per heavy atom. The third-order valence-electron chi connectivity index (χ3n) is 16.2. The molecule has 4 N–H and O–H groups in total. The van der Waals surface area contributed by atoms with Gasteiger partial charge in [-0.25, -0.2) is 41.4 Å². The second-order valence-electron chi connectivity index (χ2n) is 21.4. The molecule has 3 aliphatic heterocycles. The van der Waals surface area contributed by atoms with E-state index in [4.69, 9.17) is 11.5 Å². The molecule has 8 aliphatic rings. The van der Waals surface area contributed by atoms with Crippen molar-refractivity contribution in [3.05, 3.63) is 212 Å². The van der Waals surface area contributed by atoms with Crippen LogP contribution in [0.25, 0.3) is 0 Å². The lowest BCUT2D eigenvalue weighted by Crippen LogP contribution is -2.50. The Balaban J connectivity index is 0.000000121. The van der Waals surface area contributed by atoms with Gasteiger partial charge in [0.25, 0.3) is 11.8 Å². The van der Waals surface area contributed by atoms with Gasteiger partial charge in [0.15, 0.2) is 0 Å². The molecule has 20 heteroatoms. The van der Waals surface area contributed by atoms with Crippen molar-refractivity contribution in [2.24, 2.45) is 38.6 Å². The number of nitrogens with two attached hydrogens (primary N) is 2. The van der Waals surface area contributed by atoms with E-state index in [1.54, 1.807) is 0 Å². The average molecular weight is 1160 g/mol. The molecule has 2 unspecified atom stereocenters. The lowest BCUT2D eigenvalue weighted by atomic mass is 9.86. The first kappa shape index (κ1) is 54.9. The molecule has 0 radical (unpaired) electrons. The van der Waals surface area contributed by atoms with E-state index in [0.717, 1.165) is 139 Å². The fourth-order valence-electron chi connectivity index (χ4n) is 11.7. The molecule has 2 fully saturated rings. The van der Waals surface area contributed by atoms with Gasteiger partial charge in [-0.2, -0.15) is 15.3 Å². The molecule has 3 spiro atoms. The van der Waals surface area contributed by atoms with E-state index in [2.05, 4.69) is 21.4 Å². The lowest BCUT2D eigenvalue weighted by molar-refractivity contribution is -0.137. The van der Waals surface area contributed by atoms with Crippen LogP contribution in [0.2, 0.25) is 0 Å². The summed E-state index contributed by atoms with van der Waals surface area (Å²) in [5.41, 5.74) is 19.2. The molecule has 416 valence electrons. The Labute approximate surface area is 476 Å². The maximum atomic E-state index is 14.5. The molecular formula is C61H54F6N8O3S3. The number of benzene rings is 6. The summed E-state index contributed by atoms with van der Waals surface area (Å²) in [5, 5.41) is 18.7. The minimum absolute atomic E-state index is 0.0732. The first-order chi connectivity index (χ1) is 39.0. The number of hydrogen-bond donors (Lipinski definition) is 2. The van der Waals surface area contributed by atoms with Crippen molar-refractivity contribution in [2.45, 2.75) is 104 Å². The number of amides is 3. The number of carbonyl (C=O) groups excluding carboxylic acids is 3. The Morgan fingerprint density at radius 3 is 1.19 bits per heavy atom. The molecule has 3 heterocycles. The maximum absolute atomic E-state index is 14.5. The summed E-state index contributed by atoms with van der Waals surface area (Å²) in [5.74, 6) is -3.64. The van der Waals surface area contributed by atoms with Crippen molar-refractivity contribution in [2.75, 3.05) is 0 Å². The largest absolute Gasteiger partial charge is 0.320 e. The highest BCUT2D eigenvalue weighted by molar-refractivity contribution is 8.16. The highest BCUT2D eigenvalue weighted by Gasteiger charge is 2.56. The minimum atomic E-state index is -0.771. The molecule has 0 aromatic heterocycles. The van der Waals surface area contributed by atoms with Crippen LogP contribution >= 0.6 is 35.3 Å². The summed E-state index contributed by atoms with van der Waals surface area (Å²) in [6, 6.07) is 32.4. The number of thioether (sulfide) groups is 3. The summed E-state index contributed by atoms with van der Waals surface area (Å²) in [7, 11) is 0. The van der Waals surface area contributed by atoms with Crippen molar-refractivity contribution in [1.82, 2.24) is 15.0 Å². The van der Waals surface area contributed by atoms with Gasteiger partial charge in [0, 0.05) is 23.6 Å². The SMILES string of the molecule is CC(=O)N1N=C(c2cc(F)ccc2F)S[C@@]12CCc1ccccc12.N[C@H](C(=O)N1N=C(c2cc(F)ccc2F)SC12CCCc1ccccc12)C1CC1.N[C@H](C(=O)N1N=C(c2cc(F)ccc2F)SC12CCc1ccccc12)C1CC1. The van der Waals surface area contributed by atoms with Gasteiger partial charge in [-0.1, -0.05) is 108 Å². The number of nitrogens with zero attached hydrogens (tertiary/aromatic N) is 6. The molecular weight excluding hydrogens is 1100 g/mol. The van der Waals surface area contributed by atoms with E-state index < -0.39 is 61.6 Å². The van der Waals surface area contributed by atoms with E-state index in [1.807, 2.05) is 66.7 Å². The maximum Gasteiger partial charge on any atom is 0.261 e. The Hall–Kier alpha value is -6.71. The number of carbonyl (C=O) groups is 3. The topological polar surface area (TPSA) is 150 Å². The second-order valence-corrected chi connectivity index (χ2v) is 25.2. The highest BCUT2D eigenvalue weighted by Crippen LogP contribution is 2.58. The minimum Gasteiger partial charge on any atom is -0.320 e. The van der Waals surface area contributed by atoms with Gasteiger partial charge < -0.3 is 11.5 Å². The van der Waals surface area contributed by atoms with Crippen molar-refractivity contribution >= 4 is 68.1 Å². The van der Waals surface area contributed by atoms with Crippen LogP contribution in [0.4, 0.5) is 26.3 Å². The number of halogens is 6. The number of aryl methyl sites for hydroxylation is 3. The van der Waals surface area contributed by atoms with Gasteiger partial charge in [-0.3, -0.25) is 14.4 Å². The first-order valence-electron chi connectivity index (χ1n) is 26.9. The Bertz CT molecular complexity index is 3660.